The molecule has 0 saturated heterocycles. The monoisotopic (exact) mass is 279 g/mol. The minimum absolute atomic E-state index is 0.0190. The fraction of sp³-hybridized carbons (Fsp3) is 0.455. The van der Waals surface area contributed by atoms with E-state index >= 15 is 0 Å². The van der Waals surface area contributed by atoms with Crippen molar-refractivity contribution >= 4 is 5.97 Å². The molecule has 0 saturated carbocycles. The first-order valence-electron chi connectivity index (χ1n) is 5.26. The third-order valence-corrected chi connectivity index (χ3v) is 2.15. The van der Waals surface area contributed by atoms with E-state index in [9.17, 15) is 18.0 Å². The van der Waals surface area contributed by atoms with Crippen LogP contribution in [0.25, 0.3) is 0 Å². The summed E-state index contributed by atoms with van der Waals surface area (Å²) >= 11 is 0. The van der Waals surface area contributed by atoms with Gasteiger partial charge in [0.2, 0.25) is 5.88 Å². The van der Waals surface area contributed by atoms with Crippen LogP contribution in [-0.2, 0) is 4.74 Å². The lowest BCUT2D eigenvalue weighted by Crippen LogP contribution is -2.20. The molecule has 0 fully saturated rings. The summed E-state index contributed by atoms with van der Waals surface area (Å²) in [6, 6.07) is 0. The molecule has 0 amide bonds. The number of alkyl halides is 3. The fourth-order valence-electron chi connectivity index (χ4n) is 1.39. The van der Waals surface area contributed by atoms with Crippen molar-refractivity contribution in [1.29, 1.82) is 0 Å². The highest BCUT2D eigenvalue weighted by atomic mass is 19.4. The largest absolute Gasteiger partial charge is 0.574 e. The van der Waals surface area contributed by atoms with Crippen molar-refractivity contribution in [3.8, 4) is 11.6 Å². The molecule has 0 N–H and O–H groups in total. The maximum absolute atomic E-state index is 12.2. The molecule has 0 atom stereocenters. The Kier molecular flexibility index (Phi) is 4.57. The molecule has 1 aromatic heterocycles. The number of methoxy groups -OCH3 is 1. The van der Waals surface area contributed by atoms with Gasteiger partial charge in [0.05, 0.1) is 19.9 Å². The lowest BCUT2D eigenvalue weighted by molar-refractivity contribution is -0.276. The molecule has 5 nitrogen and oxygen atoms in total. The Bertz CT molecular complexity index is 474. The number of hydrogen-bond donors (Lipinski definition) is 0. The van der Waals surface area contributed by atoms with E-state index in [0.717, 1.165) is 6.20 Å². The summed E-state index contributed by atoms with van der Waals surface area (Å²) in [4.78, 5) is 15.2. The molecule has 19 heavy (non-hydrogen) atoms. The molecule has 0 aliphatic heterocycles. The van der Waals surface area contributed by atoms with Gasteiger partial charge in [-0.3, -0.25) is 0 Å². The van der Waals surface area contributed by atoms with Gasteiger partial charge in [0.15, 0.2) is 5.75 Å². The van der Waals surface area contributed by atoms with Gasteiger partial charge in [-0.1, -0.05) is 0 Å². The molecule has 106 valence electrons. The van der Waals surface area contributed by atoms with Gasteiger partial charge in [0.25, 0.3) is 0 Å². The van der Waals surface area contributed by atoms with E-state index in [1.807, 2.05) is 0 Å². The first-order chi connectivity index (χ1) is 8.80. The number of esters is 1. The molecule has 0 aliphatic carbocycles. The summed E-state index contributed by atoms with van der Waals surface area (Å²) in [7, 11) is 1.27. The van der Waals surface area contributed by atoms with Gasteiger partial charge in [-0.2, -0.15) is 0 Å². The maximum atomic E-state index is 12.2. The van der Waals surface area contributed by atoms with Crippen LogP contribution < -0.4 is 9.47 Å². The van der Waals surface area contributed by atoms with Crippen molar-refractivity contribution < 1.29 is 32.2 Å². The number of carbonyl (C=O) groups excluding carboxylic acids is 1. The topological polar surface area (TPSA) is 57.7 Å². The molecule has 0 spiro atoms. The number of carbonyl (C=O) groups is 1. The number of nitrogens with zero attached hydrogens (tertiary/aromatic N) is 1. The van der Waals surface area contributed by atoms with Gasteiger partial charge in [0.1, 0.15) is 5.56 Å². The minimum atomic E-state index is -4.89. The third kappa shape index (κ3) is 3.73. The Morgan fingerprint density at radius 3 is 2.53 bits per heavy atom. The number of hydrogen-bond acceptors (Lipinski definition) is 5. The van der Waals surface area contributed by atoms with Crippen LogP contribution in [0.5, 0.6) is 11.6 Å². The van der Waals surface area contributed by atoms with Gasteiger partial charge in [0, 0.05) is 5.56 Å². The van der Waals surface area contributed by atoms with E-state index in [1.54, 1.807) is 6.92 Å². The Hall–Kier alpha value is -1.99. The van der Waals surface area contributed by atoms with Crippen LogP contribution in [0, 0.1) is 6.92 Å². The first-order valence-corrected chi connectivity index (χ1v) is 5.26. The Labute approximate surface area is 107 Å². The van der Waals surface area contributed by atoms with Gasteiger partial charge in [-0.05, 0) is 13.8 Å². The molecule has 8 heteroatoms. The van der Waals surface area contributed by atoms with E-state index in [-0.39, 0.29) is 23.5 Å². The number of aromatic nitrogens is 1. The van der Waals surface area contributed by atoms with Crippen molar-refractivity contribution in [3.05, 3.63) is 17.3 Å². The SMILES string of the molecule is CCOC(=O)c1c(OC)cnc(OC(F)(F)F)c1C. The summed E-state index contributed by atoms with van der Waals surface area (Å²) in [5, 5.41) is 0. The average molecular weight is 279 g/mol. The standard InChI is InChI=1S/C11H12F3NO4/c1-4-18-10(16)8-6(2)9(19-11(12,13)14)15-5-7(8)17-3/h5H,4H2,1-3H3. The Morgan fingerprint density at radius 1 is 1.42 bits per heavy atom. The van der Waals surface area contributed by atoms with Crippen LogP contribution in [0.15, 0.2) is 6.20 Å². The Balaban J connectivity index is 3.25. The number of halogens is 3. The molecule has 0 unspecified atom stereocenters. The molecule has 0 bridgehead atoms. The molecule has 1 aromatic rings. The van der Waals surface area contributed by atoms with E-state index in [4.69, 9.17) is 9.47 Å². The summed E-state index contributed by atoms with van der Waals surface area (Å²) in [6.07, 6.45) is -3.92. The van der Waals surface area contributed by atoms with Crippen LogP contribution in [0.1, 0.15) is 22.8 Å². The summed E-state index contributed by atoms with van der Waals surface area (Å²) < 4.78 is 49.9. The van der Waals surface area contributed by atoms with Gasteiger partial charge >= 0.3 is 12.3 Å². The number of rotatable bonds is 4. The zero-order chi connectivity index (χ0) is 14.6. The highest BCUT2D eigenvalue weighted by Gasteiger charge is 2.34. The maximum Gasteiger partial charge on any atom is 0.574 e. The summed E-state index contributed by atoms with van der Waals surface area (Å²) in [6.45, 7) is 2.93. The Morgan fingerprint density at radius 2 is 2.05 bits per heavy atom. The van der Waals surface area contributed by atoms with Crippen LogP contribution in [0.3, 0.4) is 0 Å². The molecular formula is C11H12F3NO4. The van der Waals surface area contributed by atoms with Crippen LogP contribution >= 0.6 is 0 Å². The molecular weight excluding hydrogens is 267 g/mol. The second kappa shape index (κ2) is 5.77. The fourth-order valence-corrected chi connectivity index (χ4v) is 1.39. The van der Waals surface area contributed by atoms with Gasteiger partial charge in [-0.15, -0.1) is 13.2 Å². The normalized spacial score (nSPS) is 11.1. The molecule has 1 rings (SSSR count). The lowest BCUT2D eigenvalue weighted by atomic mass is 10.1. The number of pyridine rings is 1. The van der Waals surface area contributed by atoms with Crippen LogP contribution in [0.2, 0.25) is 0 Å². The zero-order valence-corrected chi connectivity index (χ0v) is 10.5. The van der Waals surface area contributed by atoms with E-state index in [2.05, 4.69) is 9.72 Å². The van der Waals surface area contributed by atoms with Crippen molar-refractivity contribution in [3.63, 3.8) is 0 Å². The highest BCUT2D eigenvalue weighted by Crippen LogP contribution is 2.31. The predicted molar refractivity (Wildman–Crippen MR) is 58.2 cm³/mol. The second-order valence-electron chi connectivity index (χ2n) is 3.40. The van der Waals surface area contributed by atoms with E-state index < -0.39 is 18.2 Å². The van der Waals surface area contributed by atoms with Crippen molar-refractivity contribution in [1.82, 2.24) is 4.98 Å². The molecule has 0 aliphatic rings. The quantitative estimate of drug-likeness (QED) is 0.792. The van der Waals surface area contributed by atoms with E-state index in [0.29, 0.717) is 0 Å². The minimum Gasteiger partial charge on any atom is -0.494 e. The summed E-state index contributed by atoms with van der Waals surface area (Å²) in [5.41, 5.74) is -0.242. The van der Waals surface area contributed by atoms with Crippen molar-refractivity contribution in [2.75, 3.05) is 13.7 Å². The predicted octanol–water partition coefficient (Wildman–Crippen LogP) is 2.47. The highest BCUT2D eigenvalue weighted by molar-refractivity contribution is 5.94. The number of ether oxygens (including phenoxy) is 3. The smallest absolute Gasteiger partial charge is 0.494 e. The van der Waals surface area contributed by atoms with Gasteiger partial charge < -0.3 is 14.2 Å². The lowest BCUT2D eigenvalue weighted by Gasteiger charge is -2.14. The van der Waals surface area contributed by atoms with Crippen LogP contribution in [-0.4, -0.2) is 31.0 Å². The molecule has 0 aromatic carbocycles. The van der Waals surface area contributed by atoms with Crippen molar-refractivity contribution in [2.24, 2.45) is 0 Å². The van der Waals surface area contributed by atoms with Crippen LogP contribution in [0.4, 0.5) is 13.2 Å². The molecule has 1 heterocycles. The first kappa shape index (κ1) is 15.1. The summed E-state index contributed by atoms with van der Waals surface area (Å²) in [5.74, 6) is -1.49. The zero-order valence-electron chi connectivity index (χ0n) is 10.5. The second-order valence-corrected chi connectivity index (χ2v) is 3.40. The molecule has 0 radical (unpaired) electrons. The van der Waals surface area contributed by atoms with E-state index in [1.165, 1.54) is 14.0 Å². The average Bonchev–Trinajstić information content (AvgIpc) is 2.30. The van der Waals surface area contributed by atoms with Crippen molar-refractivity contribution in [2.45, 2.75) is 20.2 Å². The third-order valence-electron chi connectivity index (χ3n) is 2.15. The van der Waals surface area contributed by atoms with Gasteiger partial charge in [-0.25, -0.2) is 9.78 Å².